The lowest BCUT2D eigenvalue weighted by atomic mass is 9.97. The summed E-state index contributed by atoms with van der Waals surface area (Å²) in [5.41, 5.74) is 4.67. The fraction of sp³-hybridized carbons (Fsp3) is 0.231. The van der Waals surface area contributed by atoms with Crippen LogP contribution in [-0.4, -0.2) is 40.7 Å². The summed E-state index contributed by atoms with van der Waals surface area (Å²) in [6.07, 6.45) is 4.44. The molecule has 0 spiro atoms. The first kappa shape index (κ1) is 23.1. The third kappa shape index (κ3) is 5.85. The predicted molar refractivity (Wildman–Crippen MR) is 130 cm³/mol. The van der Waals surface area contributed by atoms with E-state index in [2.05, 4.69) is 44.0 Å². The van der Waals surface area contributed by atoms with E-state index in [4.69, 9.17) is 0 Å². The molecule has 34 heavy (non-hydrogen) atoms. The molecule has 174 valence electrons. The highest BCUT2D eigenvalue weighted by Crippen LogP contribution is 2.27. The van der Waals surface area contributed by atoms with Crippen LogP contribution in [0.1, 0.15) is 29.7 Å². The van der Waals surface area contributed by atoms with E-state index in [0.717, 1.165) is 25.1 Å². The molecule has 0 fully saturated rings. The molecule has 1 aliphatic heterocycles. The molecule has 0 bridgehead atoms. The maximum atomic E-state index is 12.6. The average Bonchev–Trinajstić information content (AvgIpc) is 2.85. The van der Waals surface area contributed by atoms with Crippen LogP contribution in [0.15, 0.2) is 73.1 Å². The van der Waals surface area contributed by atoms with E-state index in [9.17, 15) is 14.4 Å². The smallest absolute Gasteiger partial charge is 0.313 e. The number of hydrogen-bond donors (Lipinski definition) is 3. The highest BCUT2D eigenvalue weighted by atomic mass is 16.2. The van der Waals surface area contributed by atoms with Crippen LogP contribution in [0.25, 0.3) is 0 Å². The van der Waals surface area contributed by atoms with Crippen molar-refractivity contribution in [3.05, 3.63) is 89.7 Å². The van der Waals surface area contributed by atoms with Gasteiger partial charge in [0.2, 0.25) is 5.91 Å². The van der Waals surface area contributed by atoms with Gasteiger partial charge in [-0.15, -0.1) is 0 Å². The quantitative estimate of drug-likeness (QED) is 0.494. The van der Waals surface area contributed by atoms with Crippen molar-refractivity contribution >= 4 is 29.1 Å². The molecule has 3 aromatic rings. The molecule has 2 heterocycles. The van der Waals surface area contributed by atoms with E-state index >= 15 is 0 Å². The van der Waals surface area contributed by atoms with Crippen LogP contribution >= 0.6 is 0 Å². The number of benzene rings is 2. The molecule has 0 aliphatic carbocycles. The summed E-state index contributed by atoms with van der Waals surface area (Å²) in [7, 11) is 0. The molecular formula is C26H27N5O3. The zero-order valence-corrected chi connectivity index (χ0v) is 19.0. The molecule has 1 aliphatic rings. The summed E-state index contributed by atoms with van der Waals surface area (Å²) in [6, 6.07) is 18.7. The van der Waals surface area contributed by atoms with Crippen LogP contribution in [0.5, 0.6) is 0 Å². The summed E-state index contributed by atoms with van der Waals surface area (Å²) in [6.45, 7) is 3.31. The van der Waals surface area contributed by atoms with Crippen molar-refractivity contribution in [3.63, 3.8) is 0 Å². The zero-order chi connectivity index (χ0) is 23.9. The highest BCUT2D eigenvalue weighted by molar-refractivity contribution is 6.39. The maximum Gasteiger partial charge on any atom is 0.313 e. The molecule has 1 atom stereocenters. The molecule has 0 saturated heterocycles. The number of nitrogens with one attached hydrogen (secondary N) is 3. The first-order valence-electron chi connectivity index (χ1n) is 11.2. The predicted octanol–water partition coefficient (Wildman–Crippen LogP) is 2.89. The Morgan fingerprint density at radius 3 is 2.29 bits per heavy atom. The fourth-order valence-electron chi connectivity index (χ4n) is 4.11. The lowest BCUT2D eigenvalue weighted by molar-refractivity contribution is -0.136. The lowest BCUT2D eigenvalue weighted by Crippen LogP contribution is -2.43. The van der Waals surface area contributed by atoms with E-state index in [0.29, 0.717) is 11.4 Å². The summed E-state index contributed by atoms with van der Waals surface area (Å²) >= 11 is 0. The Bertz CT molecular complexity index is 1160. The Morgan fingerprint density at radius 2 is 1.62 bits per heavy atom. The first-order valence-corrected chi connectivity index (χ1v) is 11.2. The molecule has 0 radical (unpaired) electrons. The van der Waals surface area contributed by atoms with Gasteiger partial charge in [-0.05, 0) is 53.4 Å². The van der Waals surface area contributed by atoms with E-state index in [1.807, 2.05) is 18.2 Å². The van der Waals surface area contributed by atoms with Gasteiger partial charge in [-0.2, -0.15) is 0 Å². The summed E-state index contributed by atoms with van der Waals surface area (Å²) < 4.78 is 0. The van der Waals surface area contributed by atoms with Crippen molar-refractivity contribution < 1.29 is 14.4 Å². The molecule has 1 aromatic heterocycles. The van der Waals surface area contributed by atoms with Crippen molar-refractivity contribution in [2.45, 2.75) is 25.9 Å². The van der Waals surface area contributed by atoms with Gasteiger partial charge < -0.3 is 16.0 Å². The molecule has 3 N–H and O–H groups in total. The molecule has 0 unspecified atom stereocenters. The third-order valence-electron chi connectivity index (χ3n) is 5.80. The van der Waals surface area contributed by atoms with Gasteiger partial charge in [0, 0.05) is 50.3 Å². The Kier molecular flexibility index (Phi) is 7.29. The van der Waals surface area contributed by atoms with Gasteiger partial charge in [0.05, 0.1) is 6.04 Å². The van der Waals surface area contributed by atoms with Gasteiger partial charge in [0.25, 0.3) is 0 Å². The number of carbonyl (C=O) groups is 3. The second-order valence-electron chi connectivity index (χ2n) is 8.21. The van der Waals surface area contributed by atoms with Crippen LogP contribution in [0.3, 0.4) is 0 Å². The van der Waals surface area contributed by atoms with E-state index in [-0.39, 0.29) is 18.5 Å². The van der Waals surface area contributed by atoms with Crippen molar-refractivity contribution in [2.75, 3.05) is 23.7 Å². The minimum Gasteiger partial charge on any atom is -0.346 e. The van der Waals surface area contributed by atoms with Gasteiger partial charge in [0.15, 0.2) is 0 Å². The number of pyridine rings is 1. The van der Waals surface area contributed by atoms with Crippen molar-refractivity contribution in [3.8, 4) is 0 Å². The number of fused-ring (bicyclic) bond motifs is 1. The number of aromatic nitrogens is 1. The molecular weight excluding hydrogens is 430 g/mol. The van der Waals surface area contributed by atoms with E-state index in [1.165, 1.54) is 18.1 Å². The third-order valence-corrected chi connectivity index (χ3v) is 5.80. The topological polar surface area (TPSA) is 103 Å². The first-order chi connectivity index (χ1) is 16.5. The molecule has 3 amide bonds. The van der Waals surface area contributed by atoms with Crippen molar-refractivity contribution in [1.82, 2.24) is 15.2 Å². The number of anilines is 2. The minimum atomic E-state index is -0.749. The van der Waals surface area contributed by atoms with Crippen LogP contribution in [0, 0.1) is 0 Å². The van der Waals surface area contributed by atoms with Crippen molar-refractivity contribution in [2.24, 2.45) is 0 Å². The lowest BCUT2D eigenvalue weighted by Gasteiger charge is -2.35. The highest BCUT2D eigenvalue weighted by Gasteiger charge is 2.26. The summed E-state index contributed by atoms with van der Waals surface area (Å²) in [5.74, 6) is -1.64. The molecule has 2 aromatic carbocycles. The maximum absolute atomic E-state index is 12.6. The SMILES string of the molecule is CC(=O)Nc1ccc(NC(=O)C(=O)NC[C@@H](c2cccnc2)N2CCc3ccccc3C2)cc1. The number of carbonyl (C=O) groups excluding carboxylic acids is 3. The second kappa shape index (κ2) is 10.7. The molecule has 0 saturated carbocycles. The number of hydrogen-bond acceptors (Lipinski definition) is 5. The Morgan fingerprint density at radius 1 is 0.912 bits per heavy atom. The summed E-state index contributed by atoms with van der Waals surface area (Å²) in [5, 5.41) is 8.02. The monoisotopic (exact) mass is 457 g/mol. The Hall–Kier alpha value is -4.04. The van der Waals surface area contributed by atoms with Gasteiger partial charge in [-0.1, -0.05) is 30.3 Å². The van der Waals surface area contributed by atoms with E-state index in [1.54, 1.807) is 36.7 Å². The normalized spacial score (nSPS) is 13.9. The molecule has 8 heteroatoms. The second-order valence-corrected chi connectivity index (χ2v) is 8.21. The van der Waals surface area contributed by atoms with Crippen LogP contribution in [0.4, 0.5) is 11.4 Å². The Labute approximate surface area is 198 Å². The van der Waals surface area contributed by atoms with Gasteiger partial charge >= 0.3 is 11.8 Å². The summed E-state index contributed by atoms with van der Waals surface area (Å²) in [4.78, 5) is 42.7. The minimum absolute atomic E-state index is 0.115. The number of nitrogens with zero attached hydrogens (tertiary/aromatic N) is 2. The van der Waals surface area contributed by atoms with Crippen molar-refractivity contribution in [1.29, 1.82) is 0 Å². The molecule has 4 rings (SSSR count). The number of amides is 3. The van der Waals surface area contributed by atoms with Gasteiger partial charge in [-0.25, -0.2) is 0 Å². The molecule has 8 nitrogen and oxygen atoms in total. The van der Waals surface area contributed by atoms with E-state index < -0.39 is 11.8 Å². The largest absolute Gasteiger partial charge is 0.346 e. The fourth-order valence-corrected chi connectivity index (χ4v) is 4.11. The van der Waals surface area contributed by atoms with Crippen LogP contribution < -0.4 is 16.0 Å². The number of rotatable bonds is 6. The van der Waals surface area contributed by atoms with Gasteiger partial charge in [-0.3, -0.25) is 24.3 Å². The standard InChI is InChI=1S/C26H27N5O3/c1-18(32)29-22-8-10-23(11-9-22)30-26(34)25(33)28-16-24(20-7-4-13-27-15-20)31-14-12-19-5-2-3-6-21(19)17-31/h2-11,13,15,24H,12,14,16-17H2,1H3,(H,28,33)(H,29,32)(H,30,34)/t24-/m0/s1. The van der Waals surface area contributed by atoms with Crippen LogP contribution in [0.2, 0.25) is 0 Å². The average molecular weight is 458 g/mol. The van der Waals surface area contributed by atoms with Gasteiger partial charge in [0.1, 0.15) is 0 Å². The zero-order valence-electron chi connectivity index (χ0n) is 19.0. The Balaban J connectivity index is 1.39. The van der Waals surface area contributed by atoms with Crippen LogP contribution in [-0.2, 0) is 27.3 Å².